The topological polar surface area (TPSA) is 83.0 Å². The van der Waals surface area contributed by atoms with E-state index in [1.165, 1.54) is 11.3 Å². The molecule has 0 fully saturated rings. The number of nitrogens with one attached hydrogen (secondary N) is 2. The van der Waals surface area contributed by atoms with E-state index in [1.54, 1.807) is 12.3 Å². The number of rotatable bonds is 7. The molecule has 3 aromatic rings. The summed E-state index contributed by atoms with van der Waals surface area (Å²) in [6.07, 6.45) is -1.70. The largest absolute Gasteiger partial charge is 0.433 e. The molecular weight excluding hydrogens is 391 g/mol. The molecule has 28 heavy (non-hydrogen) atoms. The van der Waals surface area contributed by atoms with Gasteiger partial charge in [-0.05, 0) is 36.2 Å². The maximum atomic E-state index is 12.8. The van der Waals surface area contributed by atoms with Crippen molar-refractivity contribution in [1.82, 2.24) is 20.3 Å². The van der Waals surface area contributed by atoms with Gasteiger partial charge in [-0.3, -0.25) is 0 Å². The predicted molar refractivity (Wildman–Crippen MR) is 101 cm³/mol. The van der Waals surface area contributed by atoms with Crippen LogP contribution in [0.3, 0.4) is 0 Å². The first-order valence-electron chi connectivity index (χ1n) is 8.41. The lowest BCUT2D eigenvalue weighted by Crippen LogP contribution is -2.17. The van der Waals surface area contributed by atoms with Gasteiger partial charge in [0.25, 0.3) is 0 Å². The standard InChI is InChI=1S/C18H18F3N5OS/c1-11-6-12(14-9-24-16(28-14)10-22-4-5-27)8-13(7-11)25-17-23-3-2-15(26-17)18(19,20)21/h2-3,6-9,22,27H,4-5,10H2,1H3,(H,23,25,26). The molecule has 0 radical (unpaired) electrons. The maximum absolute atomic E-state index is 12.8. The lowest BCUT2D eigenvalue weighted by atomic mass is 10.1. The summed E-state index contributed by atoms with van der Waals surface area (Å²) in [5.74, 6) is -0.121. The van der Waals surface area contributed by atoms with Crippen LogP contribution in [0, 0.1) is 6.92 Å². The van der Waals surface area contributed by atoms with Crippen molar-refractivity contribution in [3.05, 3.63) is 52.9 Å². The van der Waals surface area contributed by atoms with E-state index in [2.05, 4.69) is 25.6 Å². The second-order valence-corrected chi connectivity index (χ2v) is 7.11. The summed E-state index contributed by atoms with van der Waals surface area (Å²) >= 11 is 1.50. The number of benzene rings is 1. The van der Waals surface area contributed by atoms with E-state index < -0.39 is 11.9 Å². The second kappa shape index (κ2) is 8.63. The highest BCUT2D eigenvalue weighted by atomic mass is 32.1. The molecule has 0 saturated carbocycles. The van der Waals surface area contributed by atoms with Gasteiger partial charge < -0.3 is 15.7 Å². The Balaban J connectivity index is 1.81. The van der Waals surface area contributed by atoms with Crippen LogP contribution in [0.4, 0.5) is 24.8 Å². The Bertz CT molecular complexity index is 945. The highest BCUT2D eigenvalue weighted by Gasteiger charge is 2.32. The van der Waals surface area contributed by atoms with E-state index in [9.17, 15) is 13.2 Å². The first-order valence-corrected chi connectivity index (χ1v) is 9.22. The molecule has 0 aliphatic rings. The minimum Gasteiger partial charge on any atom is -0.395 e. The van der Waals surface area contributed by atoms with E-state index in [1.807, 2.05) is 19.1 Å². The van der Waals surface area contributed by atoms with Gasteiger partial charge in [0.2, 0.25) is 5.95 Å². The normalized spacial score (nSPS) is 11.6. The van der Waals surface area contributed by atoms with Crippen LogP contribution in [-0.4, -0.2) is 33.2 Å². The zero-order valence-corrected chi connectivity index (χ0v) is 15.7. The van der Waals surface area contributed by atoms with Crippen LogP contribution in [-0.2, 0) is 12.7 Å². The second-order valence-electron chi connectivity index (χ2n) is 5.99. The lowest BCUT2D eigenvalue weighted by Gasteiger charge is -2.10. The van der Waals surface area contributed by atoms with Gasteiger partial charge in [0.15, 0.2) is 0 Å². The first kappa shape index (κ1) is 20.2. The molecule has 0 unspecified atom stereocenters. The number of aromatic nitrogens is 3. The summed E-state index contributed by atoms with van der Waals surface area (Å²) in [6.45, 7) is 3.00. The van der Waals surface area contributed by atoms with Gasteiger partial charge in [0.1, 0.15) is 10.7 Å². The molecule has 0 atom stereocenters. The van der Waals surface area contributed by atoms with Crippen LogP contribution in [0.5, 0.6) is 0 Å². The molecule has 0 spiro atoms. The Morgan fingerprint density at radius 3 is 2.75 bits per heavy atom. The van der Waals surface area contributed by atoms with Crippen molar-refractivity contribution < 1.29 is 18.3 Å². The number of halogens is 3. The average Bonchev–Trinajstić information content (AvgIpc) is 3.10. The minimum atomic E-state index is -4.53. The molecule has 0 aliphatic heterocycles. The predicted octanol–water partition coefficient (Wildman–Crippen LogP) is 3.75. The Hall–Kier alpha value is -2.56. The molecule has 148 valence electrons. The number of aliphatic hydroxyl groups excluding tert-OH is 1. The van der Waals surface area contributed by atoms with Gasteiger partial charge in [0.05, 0.1) is 11.5 Å². The SMILES string of the molecule is Cc1cc(Nc2nccc(C(F)(F)F)n2)cc(-c2cnc(CNCCO)s2)c1. The fraction of sp³-hybridized carbons (Fsp3) is 0.278. The molecule has 3 rings (SSSR count). The van der Waals surface area contributed by atoms with Crippen LogP contribution >= 0.6 is 11.3 Å². The third-order valence-electron chi connectivity index (χ3n) is 3.68. The summed E-state index contributed by atoms with van der Waals surface area (Å²) in [4.78, 5) is 12.7. The molecule has 0 aliphatic carbocycles. The van der Waals surface area contributed by atoms with Crippen LogP contribution in [0.15, 0.2) is 36.7 Å². The molecular formula is C18H18F3N5OS. The average molecular weight is 409 g/mol. The number of thiazole rings is 1. The number of nitrogens with zero attached hydrogens (tertiary/aromatic N) is 3. The molecule has 2 aromatic heterocycles. The van der Waals surface area contributed by atoms with E-state index in [0.717, 1.165) is 33.3 Å². The van der Waals surface area contributed by atoms with Gasteiger partial charge in [-0.1, -0.05) is 6.07 Å². The zero-order valence-electron chi connectivity index (χ0n) is 14.9. The summed E-state index contributed by atoms with van der Waals surface area (Å²) in [7, 11) is 0. The molecule has 3 N–H and O–H groups in total. The summed E-state index contributed by atoms with van der Waals surface area (Å²) in [6, 6.07) is 6.42. The monoisotopic (exact) mass is 409 g/mol. The lowest BCUT2D eigenvalue weighted by molar-refractivity contribution is -0.141. The summed E-state index contributed by atoms with van der Waals surface area (Å²) < 4.78 is 38.5. The van der Waals surface area contributed by atoms with Crippen LogP contribution < -0.4 is 10.6 Å². The van der Waals surface area contributed by atoms with Crippen molar-refractivity contribution in [2.75, 3.05) is 18.5 Å². The fourth-order valence-electron chi connectivity index (χ4n) is 2.50. The van der Waals surface area contributed by atoms with E-state index in [0.29, 0.717) is 18.8 Å². The van der Waals surface area contributed by atoms with Crippen molar-refractivity contribution in [1.29, 1.82) is 0 Å². The van der Waals surface area contributed by atoms with E-state index in [4.69, 9.17) is 5.11 Å². The van der Waals surface area contributed by atoms with Crippen LogP contribution in [0.1, 0.15) is 16.3 Å². The number of hydrogen-bond acceptors (Lipinski definition) is 7. The van der Waals surface area contributed by atoms with Gasteiger partial charge in [-0.15, -0.1) is 11.3 Å². The van der Waals surface area contributed by atoms with E-state index in [-0.39, 0.29) is 12.6 Å². The van der Waals surface area contributed by atoms with Crippen molar-refractivity contribution in [2.24, 2.45) is 0 Å². The first-order chi connectivity index (χ1) is 13.3. The molecule has 1 aromatic carbocycles. The summed E-state index contributed by atoms with van der Waals surface area (Å²) in [5.41, 5.74) is 1.41. The van der Waals surface area contributed by atoms with Gasteiger partial charge in [-0.2, -0.15) is 13.2 Å². The smallest absolute Gasteiger partial charge is 0.395 e. The van der Waals surface area contributed by atoms with Crippen molar-refractivity contribution in [3.8, 4) is 10.4 Å². The van der Waals surface area contributed by atoms with Crippen molar-refractivity contribution >= 4 is 23.0 Å². The molecule has 2 heterocycles. The number of hydrogen-bond donors (Lipinski definition) is 3. The molecule has 0 saturated heterocycles. The summed E-state index contributed by atoms with van der Waals surface area (Å²) in [5, 5.41) is 15.6. The molecule has 0 amide bonds. The van der Waals surface area contributed by atoms with Gasteiger partial charge in [0, 0.05) is 31.2 Å². The minimum absolute atomic E-state index is 0.0583. The molecule has 0 bridgehead atoms. The number of anilines is 2. The highest BCUT2D eigenvalue weighted by Crippen LogP contribution is 2.31. The van der Waals surface area contributed by atoms with Crippen molar-refractivity contribution in [3.63, 3.8) is 0 Å². The highest BCUT2D eigenvalue weighted by molar-refractivity contribution is 7.15. The Morgan fingerprint density at radius 1 is 1.18 bits per heavy atom. The van der Waals surface area contributed by atoms with Crippen LogP contribution in [0.2, 0.25) is 0 Å². The van der Waals surface area contributed by atoms with Crippen LogP contribution in [0.25, 0.3) is 10.4 Å². The van der Waals surface area contributed by atoms with E-state index >= 15 is 0 Å². The Morgan fingerprint density at radius 2 is 2.00 bits per heavy atom. The fourth-order valence-corrected chi connectivity index (χ4v) is 3.38. The number of aryl methyl sites for hydroxylation is 1. The number of alkyl halides is 3. The quantitative estimate of drug-likeness (QED) is 0.516. The Kier molecular flexibility index (Phi) is 6.22. The van der Waals surface area contributed by atoms with Crippen molar-refractivity contribution in [2.45, 2.75) is 19.6 Å². The zero-order chi connectivity index (χ0) is 20.1. The third-order valence-corrected chi connectivity index (χ3v) is 4.73. The number of aliphatic hydroxyl groups is 1. The molecule has 6 nitrogen and oxygen atoms in total. The van der Waals surface area contributed by atoms with Gasteiger partial charge >= 0.3 is 6.18 Å². The third kappa shape index (κ3) is 5.24. The van der Waals surface area contributed by atoms with Gasteiger partial charge in [-0.25, -0.2) is 15.0 Å². The maximum Gasteiger partial charge on any atom is 0.433 e. The molecule has 10 heteroatoms. The Labute approximate surface area is 163 Å².